The molecule has 1 aromatic carbocycles. The van der Waals surface area contributed by atoms with Crippen molar-refractivity contribution in [2.45, 2.75) is 51.4 Å². The quantitative estimate of drug-likeness (QED) is 0.196. The van der Waals surface area contributed by atoms with Crippen LogP contribution in [-0.2, 0) is 11.2 Å². The van der Waals surface area contributed by atoms with Gasteiger partial charge >= 0.3 is 5.69 Å². The molecular weight excluding hydrogens is 400 g/mol. The highest BCUT2D eigenvalue weighted by Gasteiger charge is 2.26. The standard InChI is InChI=1S/C22H31N4O5/c23-13-5-3-1-2-4-6-15-31-16-8-10-19-9-7-14-24(18-19)21-12-11-20(25(27)28)17-22(21)26(29)30/h7,9,11-12,14,17-18H,1-6,8,10,13,15-16,23H2/q+1. The molecule has 9 nitrogen and oxygen atoms in total. The minimum atomic E-state index is -0.639. The van der Waals surface area contributed by atoms with Crippen molar-refractivity contribution in [1.29, 1.82) is 0 Å². The van der Waals surface area contributed by atoms with Crippen molar-refractivity contribution in [3.63, 3.8) is 0 Å². The number of rotatable bonds is 15. The van der Waals surface area contributed by atoms with E-state index in [1.54, 1.807) is 10.8 Å². The Hall–Kier alpha value is -2.91. The molecule has 2 aromatic rings. The van der Waals surface area contributed by atoms with Crippen molar-refractivity contribution >= 4 is 11.4 Å². The molecule has 2 N–H and O–H groups in total. The van der Waals surface area contributed by atoms with Gasteiger partial charge in [0.05, 0.1) is 9.85 Å². The molecule has 168 valence electrons. The highest BCUT2D eigenvalue weighted by molar-refractivity contribution is 5.53. The highest BCUT2D eigenvalue weighted by atomic mass is 16.6. The lowest BCUT2D eigenvalue weighted by atomic mass is 10.1. The van der Waals surface area contributed by atoms with Gasteiger partial charge in [-0.2, -0.15) is 4.57 Å². The number of nitrogens with two attached hydrogens (primary N) is 1. The van der Waals surface area contributed by atoms with Gasteiger partial charge in [0.25, 0.3) is 11.4 Å². The third kappa shape index (κ3) is 8.39. The van der Waals surface area contributed by atoms with Crippen molar-refractivity contribution in [2.24, 2.45) is 5.73 Å². The Balaban J connectivity index is 1.81. The molecule has 0 aliphatic carbocycles. The number of aryl methyl sites for hydroxylation is 1. The van der Waals surface area contributed by atoms with Crippen molar-refractivity contribution < 1.29 is 19.2 Å². The molecule has 0 aliphatic heterocycles. The third-order valence-electron chi connectivity index (χ3n) is 5.00. The van der Waals surface area contributed by atoms with Gasteiger partial charge in [-0.25, -0.2) is 0 Å². The largest absolute Gasteiger partial charge is 0.381 e. The Labute approximate surface area is 182 Å². The second kappa shape index (κ2) is 13.4. The molecular formula is C22H31N4O5+. The number of nitro benzene ring substituents is 2. The van der Waals surface area contributed by atoms with Crippen LogP contribution in [0.4, 0.5) is 11.4 Å². The van der Waals surface area contributed by atoms with Crippen molar-refractivity contribution in [3.8, 4) is 5.69 Å². The second-order valence-corrected chi connectivity index (χ2v) is 7.43. The molecule has 0 aliphatic rings. The Morgan fingerprint density at radius 2 is 1.61 bits per heavy atom. The van der Waals surface area contributed by atoms with Crippen LogP contribution in [0.2, 0.25) is 0 Å². The first kappa shape index (κ1) is 24.4. The molecule has 2 rings (SSSR count). The van der Waals surface area contributed by atoms with Crippen molar-refractivity contribution in [1.82, 2.24) is 0 Å². The summed E-state index contributed by atoms with van der Waals surface area (Å²) in [6.45, 7) is 2.20. The van der Waals surface area contributed by atoms with Crippen LogP contribution in [0.15, 0.2) is 42.7 Å². The molecule has 1 heterocycles. The minimum absolute atomic E-state index is 0.292. The SMILES string of the molecule is NCCCCCCCCOCCCc1ccc[n+](-c2ccc([N+](=O)[O-])cc2[N+](=O)[O-])c1. The average Bonchev–Trinajstić information content (AvgIpc) is 2.77. The summed E-state index contributed by atoms with van der Waals surface area (Å²) in [6.07, 6.45) is 12.2. The Kier molecular flexibility index (Phi) is 10.5. The fourth-order valence-corrected chi connectivity index (χ4v) is 3.35. The summed E-state index contributed by atoms with van der Waals surface area (Å²) < 4.78 is 7.33. The number of hydrogen-bond donors (Lipinski definition) is 1. The smallest absolute Gasteiger partial charge is 0.347 e. The van der Waals surface area contributed by atoms with Crippen LogP contribution in [0.1, 0.15) is 50.5 Å². The highest BCUT2D eigenvalue weighted by Crippen LogP contribution is 2.24. The minimum Gasteiger partial charge on any atom is -0.381 e. The van der Waals surface area contributed by atoms with Crippen LogP contribution >= 0.6 is 0 Å². The van der Waals surface area contributed by atoms with Crippen LogP contribution in [-0.4, -0.2) is 29.6 Å². The maximum absolute atomic E-state index is 11.4. The first-order chi connectivity index (χ1) is 15.0. The third-order valence-corrected chi connectivity index (χ3v) is 5.00. The number of pyridine rings is 1. The summed E-state index contributed by atoms with van der Waals surface area (Å²) in [5.41, 5.74) is 6.18. The zero-order valence-electron chi connectivity index (χ0n) is 17.8. The van der Waals surface area contributed by atoms with E-state index >= 15 is 0 Å². The molecule has 1 aromatic heterocycles. The Morgan fingerprint density at radius 3 is 2.32 bits per heavy atom. The van der Waals surface area contributed by atoms with E-state index < -0.39 is 9.85 Å². The zero-order valence-corrected chi connectivity index (χ0v) is 17.8. The summed E-state index contributed by atoms with van der Waals surface area (Å²) in [6, 6.07) is 7.43. The number of nitrogens with zero attached hydrogens (tertiary/aromatic N) is 3. The van der Waals surface area contributed by atoms with Gasteiger partial charge in [-0.3, -0.25) is 20.2 Å². The molecule has 0 atom stereocenters. The number of aromatic nitrogens is 1. The van der Waals surface area contributed by atoms with Gasteiger partial charge in [-0.05, 0) is 38.3 Å². The van der Waals surface area contributed by atoms with Crippen molar-refractivity contribution in [2.75, 3.05) is 19.8 Å². The van der Waals surface area contributed by atoms with Crippen LogP contribution < -0.4 is 10.3 Å². The number of benzene rings is 1. The Bertz CT molecular complexity index is 860. The summed E-state index contributed by atoms with van der Waals surface area (Å²) >= 11 is 0. The zero-order chi connectivity index (χ0) is 22.5. The predicted molar refractivity (Wildman–Crippen MR) is 117 cm³/mol. The van der Waals surface area contributed by atoms with Gasteiger partial charge < -0.3 is 10.5 Å². The molecule has 31 heavy (non-hydrogen) atoms. The van der Waals surface area contributed by atoms with Gasteiger partial charge in [0, 0.05) is 37.0 Å². The summed E-state index contributed by atoms with van der Waals surface area (Å²) in [7, 11) is 0. The summed E-state index contributed by atoms with van der Waals surface area (Å²) in [5.74, 6) is 0. The molecule has 0 unspecified atom stereocenters. The number of non-ortho nitro benzene ring substituents is 1. The Morgan fingerprint density at radius 1 is 0.903 bits per heavy atom. The van der Waals surface area contributed by atoms with Crippen LogP contribution in [0, 0.1) is 20.2 Å². The number of ether oxygens (including phenoxy) is 1. The maximum Gasteiger partial charge on any atom is 0.347 e. The number of hydrogen-bond acceptors (Lipinski definition) is 6. The molecule has 0 bridgehead atoms. The monoisotopic (exact) mass is 431 g/mol. The first-order valence-corrected chi connectivity index (χ1v) is 10.7. The number of unbranched alkanes of at least 4 members (excludes halogenated alkanes) is 5. The normalized spacial score (nSPS) is 10.9. The maximum atomic E-state index is 11.4. The summed E-state index contributed by atoms with van der Waals surface area (Å²) in [5, 5.41) is 22.3. The summed E-state index contributed by atoms with van der Waals surface area (Å²) in [4.78, 5) is 21.1. The second-order valence-electron chi connectivity index (χ2n) is 7.43. The van der Waals surface area contributed by atoms with Gasteiger partial charge in [0.2, 0.25) is 0 Å². The van der Waals surface area contributed by atoms with Crippen LogP contribution in [0.5, 0.6) is 0 Å². The van der Waals surface area contributed by atoms with E-state index in [1.807, 2.05) is 18.3 Å². The van der Waals surface area contributed by atoms with Gasteiger partial charge in [-0.1, -0.05) is 25.7 Å². The fraction of sp³-hybridized carbons (Fsp3) is 0.500. The van der Waals surface area contributed by atoms with E-state index in [0.29, 0.717) is 12.3 Å². The fourth-order valence-electron chi connectivity index (χ4n) is 3.35. The van der Waals surface area contributed by atoms with Crippen LogP contribution in [0.3, 0.4) is 0 Å². The van der Waals surface area contributed by atoms with E-state index in [9.17, 15) is 20.2 Å². The van der Waals surface area contributed by atoms with Gasteiger partial charge in [0.15, 0.2) is 12.4 Å². The molecule has 0 spiro atoms. The molecule has 0 radical (unpaired) electrons. The first-order valence-electron chi connectivity index (χ1n) is 10.7. The van der Waals surface area contributed by atoms with E-state index in [4.69, 9.17) is 10.5 Å². The lowest BCUT2D eigenvalue weighted by Gasteiger charge is -2.05. The average molecular weight is 432 g/mol. The van der Waals surface area contributed by atoms with Crippen molar-refractivity contribution in [3.05, 3.63) is 68.5 Å². The van der Waals surface area contributed by atoms with E-state index in [2.05, 4.69) is 0 Å². The molecule has 0 amide bonds. The lowest BCUT2D eigenvalue weighted by molar-refractivity contribution is -0.601. The van der Waals surface area contributed by atoms with E-state index in [0.717, 1.165) is 50.5 Å². The van der Waals surface area contributed by atoms with Gasteiger partial charge in [-0.15, -0.1) is 0 Å². The molecule has 0 saturated heterocycles. The lowest BCUT2D eigenvalue weighted by Crippen LogP contribution is -2.31. The molecule has 0 saturated carbocycles. The van der Waals surface area contributed by atoms with E-state index in [1.165, 1.54) is 37.8 Å². The molecule has 0 fully saturated rings. The topological polar surface area (TPSA) is 125 Å². The van der Waals surface area contributed by atoms with Crippen LogP contribution in [0.25, 0.3) is 5.69 Å². The predicted octanol–water partition coefficient (Wildman–Crippen LogP) is 4.03. The van der Waals surface area contributed by atoms with Gasteiger partial charge in [0.1, 0.15) is 6.07 Å². The number of nitro groups is 2. The molecule has 9 heteroatoms. The van der Waals surface area contributed by atoms with E-state index in [-0.39, 0.29) is 11.4 Å².